The number of halogens is 1. The highest BCUT2D eigenvalue weighted by atomic mass is 19.1. The summed E-state index contributed by atoms with van der Waals surface area (Å²) in [6, 6.07) is 5.83. The number of hydrogen-bond donors (Lipinski definition) is 1. The molecule has 8 heteroatoms. The van der Waals surface area contributed by atoms with E-state index in [0.29, 0.717) is 35.6 Å². The fourth-order valence-electron chi connectivity index (χ4n) is 1.89. The summed E-state index contributed by atoms with van der Waals surface area (Å²) in [5, 5.41) is 14.6. The van der Waals surface area contributed by atoms with Crippen molar-refractivity contribution in [3.8, 4) is 11.4 Å². The molecule has 0 fully saturated rings. The molecule has 1 N–H and O–H groups in total. The summed E-state index contributed by atoms with van der Waals surface area (Å²) >= 11 is 0. The first-order valence-corrected chi connectivity index (χ1v) is 6.74. The summed E-state index contributed by atoms with van der Waals surface area (Å²) in [7, 11) is 0. The van der Waals surface area contributed by atoms with E-state index in [1.807, 2.05) is 6.92 Å². The summed E-state index contributed by atoms with van der Waals surface area (Å²) < 4.78 is 23.7. The Morgan fingerprint density at radius 2 is 2.18 bits per heavy atom. The van der Waals surface area contributed by atoms with Gasteiger partial charge in [-0.3, -0.25) is 5.32 Å². The molecule has 0 radical (unpaired) electrons. The highest BCUT2D eigenvalue weighted by Gasteiger charge is 2.16. The van der Waals surface area contributed by atoms with E-state index in [-0.39, 0.29) is 11.9 Å². The summed E-state index contributed by atoms with van der Waals surface area (Å²) in [6.45, 7) is 3.98. The zero-order chi connectivity index (χ0) is 15.5. The highest BCUT2D eigenvalue weighted by molar-refractivity contribution is 5.53. The van der Waals surface area contributed by atoms with Gasteiger partial charge in [0.15, 0.2) is 0 Å². The number of rotatable bonds is 5. The zero-order valence-electron chi connectivity index (χ0n) is 12.1. The highest BCUT2D eigenvalue weighted by Crippen LogP contribution is 2.19. The van der Waals surface area contributed by atoms with Gasteiger partial charge in [-0.05, 0) is 19.1 Å². The van der Waals surface area contributed by atoms with Crippen LogP contribution in [0.1, 0.15) is 30.6 Å². The lowest BCUT2D eigenvalue weighted by atomic mass is 10.2. The molecule has 0 spiro atoms. The topological polar surface area (TPSA) is 89.9 Å². The Morgan fingerprint density at radius 3 is 2.91 bits per heavy atom. The average Bonchev–Trinajstić information content (AvgIpc) is 3.14. The predicted octanol–water partition coefficient (Wildman–Crippen LogP) is 2.42. The molecule has 3 rings (SSSR count). The van der Waals surface area contributed by atoms with E-state index >= 15 is 0 Å². The average molecular weight is 303 g/mol. The third-order valence-electron chi connectivity index (χ3n) is 3.02. The zero-order valence-corrected chi connectivity index (χ0v) is 12.1. The molecule has 2 heterocycles. The molecule has 0 bridgehead atoms. The van der Waals surface area contributed by atoms with Crippen molar-refractivity contribution in [1.82, 2.24) is 25.7 Å². The Kier molecular flexibility index (Phi) is 3.92. The number of aromatic nitrogens is 4. The maximum absolute atomic E-state index is 13.2. The third-order valence-corrected chi connectivity index (χ3v) is 3.02. The van der Waals surface area contributed by atoms with Gasteiger partial charge >= 0.3 is 0 Å². The summed E-state index contributed by atoms with van der Waals surface area (Å²) in [5.74, 6) is 1.39. The van der Waals surface area contributed by atoms with Crippen LogP contribution in [0.25, 0.3) is 11.4 Å². The van der Waals surface area contributed by atoms with Crippen molar-refractivity contribution in [2.45, 2.75) is 26.4 Å². The van der Waals surface area contributed by atoms with E-state index in [1.54, 1.807) is 19.1 Å². The fraction of sp³-hybridized carbons (Fsp3) is 0.286. The molecule has 7 nitrogen and oxygen atoms in total. The van der Waals surface area contributed by atoms with Crippen LogP contribution in [-0.2, 0) is 6.54 Å². The first-order valence-electron chi connectivity index (χ1n) is 6.74. The normalized spacial score (nSPS) is 12.5. The van der Waals surface area contributed by atoms with Gasteiger partial charge in [0.1, 0.15) is 5.82 Å². The van der Waals surface area contributed by atoms with Crippen molar-refractivity contribution in [2.75, 3.05) is 0 Å². The lowest BCUT2D eigenvalue weighted by Gasteiger charge is -2.06. The van der Waals surface area contributed by atoms with Crippen LogP contribution >= 0.6 is 0 Å². The molecule has 0 aliphatic carbocycles. The van der Waals surface area contributed by atoms with Gasteiger partial charge in [-0.25, -0.2) is 4.39 Å². The van der Waals surface area contributed by atoms with Crippen LogP contribution in [0.4, 0.5) is 4.39 Å². The van der Waals surface area contributed by atoms with Gasteiger partial charge < -0.3 is 8.94 Å². The Labute approximate surface area is 125 Å². The summed E-state index contributed by atoms with van der Waals surface area (Å²) in [4.78, 5) is 4.27. The van der Waals surface area contributed by atoms with Crippen LogP contribution in [-0.4, -0.2) is 20.3 Å². The first kappa shape index (κ1) is 14.3. The van der Waals surface area contributed by atoms with Crippen LogP contribution in [0.2, 0.25) is 0 Å². The maximum Gasteiger partial charge on any atom is 0.243 e. The maximum atomic E-state index is 13.2. The second kappa shape index (κ2) is 6.02. The summed E-state index contributed by atoms with van der Waals surface area (Å²) in [6.07, 6.45) is 0. The second-order valence-electron chi connectivity index (χ2n) is 4.78. The number of nitrogens with zero attached hydrogens (tertiary/aromatic N) is 4. The fourth-order valence-corrected chi connectivity index (χ4v) is 1.89. The van der Waals surface area contributed by atoms with E-state index in [2.05, 4.69) is 25.7 Å². The number of nitrogens with one attached hydrogen (secondary N) is 1. The van der Waals surface area contributed by atoms with Gasteiger partial charge in [-0.2, -0.15) is 4.98 Å². The van der Waals surface area contributed by atoms with Gasteiger partial charge in [0.05, 0.1) is 12.6 Å². The molecule has 2 aromatic heterocycles. The molecule has 0 aliphatic heterocycles. The number of benzene rings is 1. The Bertz CT molecular complexity index is 770. The van der Waals surface area contributed by atoms with Crippen LogP contribution < -0.4 is 5.32 Å². The second-order valence-corrected chi connectivity index (χ2v) is 4.78. The molecule has 1 aromatic carbocycles. The molecule has 0 aliphatic rings. The minimum atomic E-state index is -0.346. The first-order chi connectivity index (χ1) is 10.6. The monoisotopic (exact) mass is 303 g/mol. The SMILES string of the molecule is Cc1nnc(CN[C@H](C)c2nc(-c3cccc(F)c3)no2)o1. The summed E-state index contributed by atoms with van der Waals surface area (Å²) in [5.41, 5.74) is 0.565. The van der Waals surface area contributed by atoms with E-state index in [9.17, 15) is 4.39 Å². The Morgan fingerprint density at radius 1 is 1.32 bits per heavy atom. The molecular formula is C14H14FN5O2. The van der Waals surface area contributed by atoms with E-state index in [4.69, 9.17) is 8.94 Å². The van der Waals surface area contributed by atoms with E-state index in [1.165, 1.54) is 12.1 Å². The lowest BCUT2D eigenvalue weighted by molar-refractivity contribution is 0.331. The van der Waals surface area contributed by atoms with E-state index < -0.39 is 0 Å². The molecular weight excluding hydrogens is 289 g/mol. The largest absolute Gasteiger partial charge is 0.424 e. The van der Waals surface area contributed by atoms with Crippen molar-refractivity contribution in [3.63, 3.8) is 0 Å². The minimum absolute atomic E-state index is 0.206. The molecule has 0 saturated carbocycles. The third kappa shape index (κ3) is 3.17. The van der Waals surface area contributed by atoms with Crippen molar-refractivity contribution >= 4 is 0 Å². The van der Waals surface area contributed by atoms with Gasteiger partial charge in [0.2, 0.25) is 23.5 Å². The minimum Gasteiger partial charge on any atom is -0.424 e. The Hall–Kier alpha value is -2.61. The van der Waals surface area contributed by atoms with Crippen LogP contribution in [0, 0.1) is 12.7 Å². The molecule has 114 valence electrons. The molecule has 1 atom stereocenters. The van der Waals surface area contributed by atoms with Crippen molar-refractivity contribution < 1.29 is 13.3 Å². The van der Waals surface area contributed by atoms with E-state index in [0.717, 1.165) is 0 Å². The van der Waals surface area contributed by atoms with Gasteiger partial charge in [0, 0.05) is 12.5 Å². The molecule has 0 amide bonds. The quantitative estimate of drug-likeness (QED) is 0.774. The van der Waals surface area contributed by atoms with Crippen molar-refractivity contribution in [1.29, 1.82) is 0 Å². The van der Waals surface area contributed by atoms with Crippen LogP contribution in [0.3, 0.4) is 0 Å². The smallest absolute Gasteiger partial charge is 0.243 e. The Balaban J connectivity index is 1.67. The molecule has 22 heavy (non-hydrogen) atoms. The van der Waals surface area contributed by atoms with Crippen molar-refractivity contribution in [3.05, 3.63) is 47.8 Å². The number of hydrogen-bond acceptors (Lipinski definition) is 7. The predicted molar refractivity (Wildman–Crippen MR) is 74.0 cm³/mol. The molecule has 3 aromatic rings. The number of aryl methyl sites for hydroxylation is 1. The lowest BCUT2D eigenvalue weighted by Crippen LogP contribution is -2.18. The molecule has 0 saturated heterocycles. The van der Waals surface area contributed by atoms with Crippen LogP contribution in [0.15, 0.2) is 33.2 Å². The van der Waals surface area contributed by atoms with Gasteiger partial charge in [-0.15, -0.1) is 10.2 Å². The van der Waals surface area contributed by atoms with Crippen LogP contribution in [0.5, 0.6) is 0 Å². The standard InChI is InChI=1S/C14H14FN5O2/c1-8(16-7-12-19-18-9(2)21-12)14-17-13(20-22-14)10-4-3-5-11(15)6-10/h3-6,8,16H,7H2,1-2H3/t8-/m1/s1. The van der Waals surface area contributed by atoms with Gasteiger partial charge in [0.25, 0.3) is 0 Å². The van der Waals surface area contributed by atoms with Crippen molar-refractivity contribution in [2.24, 2.45) is 0 Å². The molecule has 0 unspecified atom stereocenters. The van der Waals surface area contributed by atoms with Gasteiger partial charge in [-0.1, -0.05) is 17.3 Å².